The molecule has 1 saturated carbocycles. The summed E-state index contributed by atoms with van der Waals surface area (Å²) in [5.41, 5.74) is 2.56. The summed E-state index contributed by atoms with van der Waals surface area (Å²) in [5.74, 6) is 0.832. The summed E-state index contributed by atoms with van der Waals surface area (Å²) in [4.78, 5) is 0. The molecule has 0 aromatic carbocycles. The third-order valence-corrected chi connectivity index (χ3v) is 4.77. The first-order valence-electron chi connectivity index (χ1n) is 7.97. The van der Waals surface area contributed by atoms with Crippen molar-refractivity contribution >= 4 is 0 Å². The average Bonchev–Trinajstić information content (AvgIpc) is 2.47. The molecular weight excluding hydrogens is 247 g/mol. The highest BCUT2D eigenvalue weighted by molar-refractivity contribution is 5.27. The van der Waals surface area contributed by atoms with Gasteiger partial charge < -0.3 is 0 Å². The summed E-state index contributed by atoms with van der Waals surface area (Å²) in [6.07, 6.45) is 15.6. The fourth-order valence-electron chi connectivity index (χ4n) is 3.69. The van der Waals surface area contributed by atoms with Crippen molar-refractivity contribution in [1.82, 2.24) is 0 Å². The molecule has 2 aliphatic carbocycles. The van der Waals surface area contributed by atoms with Crippen LogP contribution in [0.1, 0.15) is 46.0 Å². The van der Waals surface area contributed by atoms with Crippen molar-refractivity contribution in [3.63, 3.8) is 0 Å². The van der Waals surface area contributed by atoms with Gasteiger partial charge in [-0.25, -0.2) is 4.39 Å². The number of hydrogen-bond acceptors (Lipinski definition) is 0. The lowest BCUT2D eigenvalue weighted by molar-refractivity contribution is 0.206. The highest BCUT2D eigenvalue weighted by Gasteiger charge is 2.34. The predicted molar refractivity (Wildman–Crippen MR) is 85.3 cm³/mol. The van der Waals surface area contributed by atoms with Gasteiger partial charge in [-0.05, 0) is 38.5 Å². The second kappa shape index (κ2) is 7.06. The summed E-state index contributed by atoms with van der Waals surface area (Å²) in [6, 6.07) is 0. The molecule has 4 atom stereocenters. The van der Waals surface area contributed by atoms with Crippen molar-refractivity contribution in [2.45, 2.75) is 52.1 Å². The molecule has 0 aliphatic heterocycles. The minimum atomic E-state index is -0.792. The van der Waals surface area contributed by atoms with Crippen molar-refractivity contribution in [2.75, 3.05) is 0 Å². The monoisotopic (exact) mass is 274 g/mol. The van der Waals surface area contributed by atoms with Crippen LogP contribution in [0.5, 0.6) is 0 Å². The Kier molecular flexibility index (Phi) is 5.39. The van der Waals surface area contributed by atoms with E-state index in [2.05, 4.69) is 43.9 Å². The van der Waals surface area contributed by atoms with Crippen LogP contribution >= 0.6 is 0 Å². The highest BCUT2D eigenvalue weighted by Crippen LogP contribution is 2.42. The van der Waals surface area contributed by atoms with Gasteiger partial charge in [-0.15, -0.1) is 0 Å². The van der Waals surface area contributed by atoms with E-state index in [9.17, 15) is 4.39 Å². The highest BCUT2D eigenvalue weighted by atomic mass is 19.1. The summed E-state index contributed by atoms with van der Waals surface area (Å²) in [6.45, 7) is 8.10. The molecule has 110 valence electrons. The predicted octanol–water partition coefficient (Wildman–Crippen LogP) is 5.79. The molecule has 1 heteroatoms. The maximum absolute atomic E-state index is 14.0. The molecule has 4 unspecified atom stereocenters. The largest absolute Gasteiger partial charge is 0.247 e. The first-order valence-corrected chi connectivity index (χ1v) is 7.97. The van der Waals surface area contributed by atoms with Gasteiger partial charge in [0, 0.05) is 11.8 Å². The number of fused-ring (bicyclic) bond motifs is 1. The van der Waals surface area contributed by atoms with E-state index in [1.54, 1.807) is 6.92 Å². The molecule has 0 saturated heterocycles. The normalized spacial score (nSPS) is 32.5. The Morgan fingerprint density at radius 1 is 1.30 bits per heavy atom. The van der Waals surface area contributed by atoms with E-state index in [1.807, 2.05) is 0 Å². The summed E-state index contributed by atoms with van der Waals surface area (Å²) >= 11 is 0. The zero-order valence-corrected chi connectivity index (χ0v) is 12.8. The molecule has 0 radical (unpaired) electrons. The van der Waals surface area contributed by atoms with Crippen molar-refractivity contribution in [3.8, 4) is 0 Å². The third kappa shape index (κ3) is 3.50. The van der Waals surface area contributed by atoms with Crippen LogP contribution in [0.25, 0.3) is 0 Å². The lowest BCUT2D eigenvalue weighted by atomic mass is 9.80. The number of rotatable bonds is 2. The summed E-state index contributed by atoms with van der Waals surface area (Å²) in [5, 5.41) is 0. The van der Waals surface area contributed by atoms with Crippen LogP contribution in [0.4, 0.5) is 4.39 Å². The molecule has 0 aromatic rings. The topological polar surface area (TPSA) is 0 Å². The molecule has 0 aromatic heterocycles. The van der Waals surface area contributed by atoms with Crippen LogP contribution in [0.2, 0.25) is 0 Å². The number of alkyl halides is 1. The van der Waals surface area contributed by atoms with E-state index in [0.717, 1.165) is 37.7 Å². The second-order valence-electron chi connectivity index (χ2n) is 6.22. The maximum Gasteiger partial charge on any atom is 0.104 e. The zero-order chi connectivity index (χ0) is 14.5. The Morgan fingerprint density at radius 3 is 2.75 bits per heavy atom. The lowest BCUT2D eigenvalue weighted by Gasteiger charge is -2.26. The van der Waals surface area contributed by atoms with Gasteiger partial charge >= 0.3 is 0 Å². The van der Waals surface area contributed by atoms with Crippen LogP contribution < -0.4 is 0 Å². The Labute approximate surface area is 123 Å². The second-order valence-corrected chi connectivity index (χ2v) is 6.22. The fourth-order valence-corrected chi connectivity index (χ4v) is 3.69. The van der Waals surface area contributed by atoms with Crippen LogP contribution in [0.15, 0.2) is 48.1 Å². The Balaban J connectivity index is 2.33. The van der Waals surface area contributed by atoms with Gasteiger partial charge in [0.25, 0.3) is 0 Å². The molecule has 0 spiro atoms. The molecule has 2 aliphatic rings. The third-order valence-electron chi connectivity index (χ3n) is 4.77. The quantitative estimate of drug-likeness (QED) is 0.559. The van der Waals surface area contributed by atoms with E-state index in [0.29, 0.717) is 11.8 Å². The Morgan fingerprint density at radius 2 is 2.05 bits per heavy atom. The van der Waals surface area contributed by atoms with E-state index >= 15 is 0 Å². The molecule has 0 heterocycles. The van der Waals surface area contributed by atoms with Crippen molar-refractivity contribution in [3.05, 3.63) is 48.1 Å². The minimum Gasteiger partial charge on any atom is -0.247 e. The van der Waals surface area contributed by atoms with Gasteiger partial charge in [-0.2, -0.15) is 0 Å². The standard InChI is InChI=1S/C19H27F/c1-4-16-13-18-11-9-7-5-6-8-10-17(18)12-14(2)19(16)15(3)20/h7-11,15-17,19H,2,4-6,12-13H2,1,3H3. The van der Waals surface area contributed by atoms with Crippen molar-refractivity contribution < 1.29 is 4.39 Å². The maximum atomic E-state index is 14.0. The van der Waals surface area contributed by atoms with Gasteiger partial charge in [0.2, 0.25) is 0 Å². The lowest BCUT2D eigenvalue weighted by Crippen LogP contribution is -2.23. The molecule has 0 bridgehead atoms. The van der Waals surface area contributed by atoms with Gasteiger partial charge in [0.1, 0.15) is 6.17 Å². The molecule has 2 rings (SSSR count). The molecule has 0 nitrogen and oxygen atoms in total. The van der Waals surface area contributed by atoms with Crippen LogP contribution in [-0.4, -0.2) is 6.17 Å². The molecular formula is C19H27F. The summed E-state index contributed by atoms with van der Waals surface area (Å²) in [7, 11) is 0. The van der Waals surface area contributed by atoms with E-state index in [1.165, 1.54) is 5.57 Å². The van der Waals surface area contributed by atoms with Crippen molar-refractivity contribution in [2.24, 2.45) is 17.8 Å². The molecule has 20 heavy (non-hydrogen) atoms. The Hall–Kier alpha value is -1.11. The summed E-state index contributed by atoms with van der Waals surface area (Å²) < 4.78 is 14.0. The number of allylic oxidation sites excluding steroid dienone is 7. The van der Waals surface area contributed by atoms with Gasteiger partial charge in [-0.3, -0.25) is 0 Å². The number of halogens is 1. The van der Waals surface area contributed by atoms with Gasteiger partial charge in [0.05, 0.1) is 0 Å². The fraction of sp³-hybridized carbons (Fsp3) is 0.579. The first kappa shape index (κ1) is 15.3. The smallest absolute Gasteiger partial charge is 0.104 e. The first-order chi connectivity index (χ1) is 9.63. The molecule has 0 N–H and O–H groups in total. The van der Waals surface area contributed by atoms with E-state index in [4.69, 9.17) is 0 Å². The van der Waals surface area contributed by atoms with Gasteiger partial charge in [-0.1, -0.05) is 61.4 Å². The van der Waals surface area contributed by atoms with E-state index in [-0.39, 0.29) is 5.92 Å². The number of hydrogen-bond donors (Lipinski definition) is 0. The average molecular weight is 274 g/mol. The van der Waals surface area contributed by atoms with Crippen LogP contribution in [-0.2, 0) is 0 Å². The van der Waals surface area contributed by atoms with Crippen LogP contribution in [0.3, 0.4) is 0 Å². The van der Waals surface area contributed by atoms with Crippen LogP contribution in [0, 0.1) is 17.8 Å². The van der Waals surface area contributed by atoms with Gasteiger partial charge in [0.15, 0.2) is 0 Å². The Bertz CT molecular complexity index is 425. The van der Waals surface area contributed by atoms with E-state index < -0.39 is 6.17 Å². The molecule has 1 fully saturated rings. The zero-order valence-electron chi connectivity index (χ0n) is 12.8. The SMILES string of the molecule is C=C1CC2C=CCCC=CC=C2CC(CC)C1C(C)F. The molecule has 0 amide bonds. The van der Waals surface area contributed by atoms with Crippen molar-refractivity contribution in [1.29, 1.82) is 0 Å². The minimum absolute atomic E-state index is 0.0220.